The van der Waals surface area contributed by atoms with Crippen LogP contribution in [0.4, 0.5) is 17.1 Å². The molecule has 0 amide bonds. The molecule has 2 heterocycles. The molecule has 0 saturated carbocycles. The monoisotopic (exact) mass is 894 g/mol. The summed E-state index contributed by atoms with van der Waals surface area (Å²) in [6.45, 7) is 0. The van der Waals surface area contributed by atoms with Crippen LogP contribution in [0.2, 0.25) is 0 Å². The Labute approximate surface area is 403 Å². The Morgan fingerprint density at radius 3 is 1.45 bits per heavy atom. The average molecular weight is 895 g/mol. The topological polar surface area (TPSA) is 8.17 Å². The van der Waals surface area contributed by atoms with E-state index in [0.29, 0.717) is 0 Å². The number of nitrogens with zero attached hydrogens (tertiary/aromatic N) is 2. The first-order valence-corrected chi connectivity index (χ1v) is 24.5. The highest BCUT2D eigenvalue weighted by atomic mass is 32.1. The fourth-order valence-corrected chi connectivity index (χ4v) is 12.0. The second kappa shape index (κ2) is 16.0. The van der Waals surface area contributed by atoms with Gasteiger partial charge in [-0.25, -0.2) is 0 Å². The van der Waals surface area contributed by atoms with Crippen molar-refractivity contribution < 1.29 is 0 Å². The van der Waals surface area contributed by atoms with Gasteiger partial charge in [-0.15, -0.1) is 11.3 Å². The highest BCUT2D eigenvalue weighted by Crippen LogP contribution is 2.44. The number of rotatable bonds is 7. The van der Waals surface area contributed by atoms with Crippen molar-refractivity contribution >= 4 is 103 Å². The van der Waals surface area contributed by atoms with Crippen LogP contribution in [0.1, 0.15) is 0 Å². The van der Waals surface area contributed by atoms with E-state index in [-0.39, 0.29) is 0 Å². The maximum atomic E-state index is 2.40. The molecule has 0 N–H and O–H groups in total. The highest BCUT2D eigenvalue weighted by Gasteiger charge is 2.18. The van der Waals surface area contributed by atoms with Gasteiger partial charge in [0, 0.05) is 53.7 Å². The Morgan fingerprint density at radius 1 is 0.275 bits per heavy atom. The molecular weight excluding hydrogens is 853 g/mol. The summed E-state index contributed by atoms with van der Waals surface area (Å²) in [6.07, 6.45) is 0. The summed E-state index contributed by atoms with van der Waals surface area (Å²) in [6, 6.07) is 93.7. The molecular formula is C66H42N2S. The van der Waals surface area contributed by atoms with Crippen molar-refractivity contribution in [3.05, 3.63) is 255 Å². The van der Waals surface area contributed by atoms with Crippen LogP contribution in [0, 0.1) is 0 Å². The van der Waals surface area contributed by atoms with Gasteiger partial charge in [0.25, 0.3) is 0 Å². The zero-order chi connectivity index (χ0) is 45.4. The molecule has 0 spiro atoms. The smallest absolute Gasteiger partial charge is 0.0541 e. The lowest BCUT2D eigenvalue weighted by Crippen LogP contribution is -2.09. The molecule has 0 aliphatic rings. The molecule has 69 heavy (non-hydrogen) atoms. The SMILES string of the molecule is c1cc(-c2ccc(N(c3ccc(-c4cccc(-n5c6ccccc6c6ccccc65)c4)cc3)c3ccc4c(c3)sc3c5ccccc5ccc43)cc2)cc(-c2ccc3ccc4ccccc4c3c2)c1. The van der Waals surface area contributed by atoms with Gasteiger partial charge in [0.15, 0.2) is 0 Å². The van der Waals surface area contributed by atoms with Crippen LogP contribution in [0.25, 0.3) is 113 Å². The number of benzene rings is 12. The second-order valence-electron chi connectivity index (χ2n) is 18.1. The quantitative estimate of drug-likeness (QED) is 0.145. The van der Waals surface area contributed by atoms with E-state index in [1.54, 1.807) is 0 Å². The van der Waals surface area contributed by atoms with Gasteiger partial charge in [0.05, 0.1) is 11.0 Å². The Hall–Kier alpha value is -8.76. The molecule has 3 heteroatoms. The molecule has 12 aromatic carbocycles. The van der Waals surface area contributed by atoms with E-state index in [2.05, 4.69) is 264 Å². The van der Waals surface area contributed by atoms with E-state index < -0.39 is 0 Å². The van der Waals surface area contributed by atoms with Gasteiger partial charge < -0.3 is 9.47 Å². The summed E-state index contributed by atoms with van der Waals surface area (Å²) >= 11 is 1.89. The van der Waals surface area contributed by atoms with Crippen LogP contribution in [-0.2, 0) is 0 Å². The standard InChI is InChI=1S/C66H42N2S/c1-3-17-56-45(11-1)23-24-47-25-26-51(41-62(47)56)49-14-9-13-48(39-49)43-27-32-52(33-28-43)67(55-36-38-60-61-37-31-46-12-2-4-18-57(46)66(61)69-65(60)42-55)53-34-29-44(30-35-53)50-15-10-16-54(40-50)68-63-21-7-5-19-58(63)59-20-6-8-22-64(59)68/h1-42H. The molecule has 14 rings (SSSR count). The maximum Gasteiger partial charge on any atom is 0.0541 e. The summed E-state index contributed by atoms with van der Waals surface area (Å²) in [5.41, 5.74) is 14.0. The van der Waals surface area contributed by atoms with Crippen molar-refractivity contribution in [3.63, 3.8) is 0 Å². The van der Waals surface area contributed by atoms with Crippen molar-refractivity contribution in [2.45, 2.75) is 0 Å². The number of hydrogen-bond donors (Lipinski definition) is 0. The molecule has 0 radical (unpaired) electrons. The van der Waals surface area contributed by atoms with Crippen molar-refractivity contribution in [1.29, 1.82) is 0 Å². The summed E-state index contributed by atoms with van der Waals surface area (Å²) in [7, 11) is 0. The number of thiophene rings is 1. The summed E-state index contributed by atoms with van der Waals surface area (Å²) in [5.74, 6) is 0. The lowest BCUT2D eigenvalue weighted by atomic mass is 9.95. The van der Waals surface area contributed by atoms with E-state index in [9.17, 15) is 0 Å². The van der Waals surface area contributed by atoms with Gasteiger partial charge in [0.2, 0.25) is 0 Å². The van der Waals surface area contributed by atoms with Gasteiger partial charge >= 0.3 is 0 Å². The predicted octanol–water partition coefficient (Wildman–Crippen LogP) is 19.1. The van der Waals surface area contributed by atoms with Crippen LogP contribution in [0.15, 0.2) is 255 Å². The first kappa shape index (κ1) is 39.4. The molecule has 0 aliphatic carbocycles. The highest BCUT2D eigenvalue weighted by molar-refractivity contribution is 7.26. The Kier molecular flexibility index (Phi) is 9.11. The first-order valence-electron chi connectivity index (χ1n) is 23.6. The van der Waals surface area contributed by atoms with E-state index >= 15 is 0 Å². The van der Waals surface area contributed by atoms with Gasteiger partial charge in [-0.05, 0) is 138 Å². The minimum atomic E-state index is 1.10. The molecule has 0 saturated heterocycles. The van der Waals surface area contributed by atoms with Crippen LogP contribution < -0.4 is 4.90 Å². The molecule has 14 aromatic rings. The normalized spacial score (nSPS) is 11.8. The minimum absolute atomic E-state index is 1.10. The zero-order valence-corrected chi connectivity index (χ0v) is 38.4. The fourth-order valence-electron chi connectivity index (χ4n) is 10.8. The number of fused-ring (bicyclic) bond motifs is 11. The number of para-hydroxylation sites is 2. The summed E-state index contributed by atoms with van der Waals surface area (Å²) < 4.78 is 5.00. The van der Waals surface area contributed by atoms with E-state index in [1.807, 2.05) is 11.3 Å². The van der Waals surface area contributed by atoms with Gasteiger partial charge in [-0.1, -0.05) is 182 Å². The number of aromatic nitrogens is 1. The van der Waals surface area contributed by atoms with Crippen molar-refractivity contribution in [2.24, 2.45) is 0 Å². The third-order valence-corrected chi connectivity index (χ3v) is 15.4. The van der Waals surface area contributed by atoms with Gasteiger partial charge in [0.1, 0.15) is 0 Å². The van der Waals surface area contributed by atoms with Crippen LogP contribution in [0.3, 0.4) is 0 Å². The average Bonchev–Trinajstić information content (AvgIpc) is 3.97. The summed E-state index contributed by atoms with van der Waals surface area (Å²) in [5, 5.41) is 12.8. The minimum Gasteiger partial charge on any atom is -0.310 e. The largest absolute Gasteiger partial charge is 0.310 e. The van der Waals surface area contributed by atoms with Crippen molar-refractivity contribution in [2.75, 3.05) is 4.90 Å². The molecule has 0 bridgehead atoms. The zero-order valence-electron chi connectivity index (χ0n) is 37.6. The van der Waals surface area contributed by atoms with E-state index in [1.165, 1.54) is 108 Å². The van der Waals surface area contributed by atoms with Crippen LogP contribution in [-0.4, -0.2) is 4.57 Å². The van der Waals surface area contributed by atoms with Crippen molar-refractivity contribution in [1.82, 2.24) is 4.57 Å². The molecule has 0 atom stereocenters. The molecule has 322 valence electrons. The first-order chi connectivity index (χ1) is 34.2. The predicted molar refractivity (Wildman–Crippen MR) is 297 cm³/mol. The lowest BCUT2D eigenvalue weighted by Gasteiger charge is -2.26. The third-order valence-electron chi connectivity index (χ3n) is 14.1. The molecule has 0 aliphatic heterocycles. The Balaban J connectivity index is 0.847. The number of hydrogen-bond acceptors (Lipinski definition) is 2. The Bertz CT molecular complexity index is 4260. The molecule has 0 unspecified atom stereocenters. The van der Waals surface area contributed by atoms with Crippen LogP contribution >= 0.6 is 11.3 Å². The van der Waals surface area contributed by atoms with E-state index in [0.717, 1.165) is 22.7 Å². The third kappa shape index (κ3) is 6.62. The summed E-state index contributed by atoms with van der Waals surface area (Å²) in [4.78, 5) is 2.40. The molecule has 2 nitrogen and oxygen atoms in total. The Morgan fingerprint density at radius 2 is 0.754 bits per heavy atom. The lowest BCUT2D eigenvalue weighted by molar-refractivity contribution is 1.18. The van der Waals surface area contributed by atoms with Gasteiger partial charge in [-0.2, -0.15) is 0 Å². The second-order valence-corrected chi connectivity index (χ2v) is 19.2. The maximum absolute atomic E-state index is 2.40. The van der Waals surface area contributed by atoms with Gasteiger partial charge in [-0.3, -0.25) is 0 Å². The molecule has 0 fully saturated rings. The van der Waals surface area contributed by atoms with Crippen LogP contribution in [0.5, 0.6) is 0 Å². The number of anilines is 3. The van der Waals surface area contributed by atoms with Crippen molar-refractivity contribution in [3.8, 4) is 39.1 Å². The molecule has 2 aromatic heterocycles. The fraction of sp³-hybridized carbons (Fsp3) is 0. The van der Waals surface area contributed by atoms with E-state index in [4.69, 9.17) is 0 Å².